The predicted molar refractivity (Wildman–Crippen MR) is 60.1 cm³/mol. The molecule has 0 aliphatic carbocycles. The van der Waals surface area contributed by atoms with Gasteiger partial charge in [0.2, 0.25) is 0 Å². The molecule has 0 bridgehead atoms. The highest BCUT2D eigenvalue weighted by atomic mass is 79.9. The van der Waals surface area contributed by atoms with Crippen LogP contribution in [-0.2, 0) is 0 Å². The standard InChI is InChI=1S/C8H5Br3O/c9-7-2-1-5(4-12)3-6(7)8(10)11/h1-4,8H. The highest BCUT2D eigenvalue weighted by molar-refractivity contribution is 9.24. The van der Waals surface area contributed by atoms with Crippen molar-refractivity contribution in [2.75, 3.05) is 0 Å². The molecular weight excluding hydrogens is 352 g/mol. The van der Waals surface area contributed by atoms with Crippen molar-refractivity contribution in [1.29, 1.82) is 0 Å². The van der Waals surface area contributed by atoms with E-state index >= 15 is 0 Å². The fraction of sp³-hybridized carbons (Fsp3) is 0.125. The predicted octanol–water partition coefficient (Wildman–Crippen LogP) is 4.05. The Morgan fingerprint density at radius 1 is 1.33 bits per heavy atom. The van der Waals surface area contributed by atoms with Crippen LogP contribution in [0, 0.1) is 0 Å². The van der Waals surface area contributed by atoms with E-state index in [9.17, 15) is 4.79 Å². The first-order valence-corrected chi connectivity index (χ1v) is 5.80. The highest BCUT2D eigenvalue weighted by Crippen LogP contribution is 2.34. The van der Waals surface area contributed by atoms with E-state index in [4.69, 9.17) is 0 Å². The van der Waals surface area contributed by atoms with Gasteiger partial charge in [0.05, 0.1) is 3.74 Å². The third-order valence-corrected chi connectivity index (χ3v) is 3.10. The van der Waals surface area contributed by atoms with Crippen LogP contribution in [-0.4, -0.2) is 6.29 Å². The van der Waals surface area contributed by atoms with Gasteiger partial charge >= 0.3 is 0 Å². The molecule has 4 heteroatoms. The summed E-state index contributed by atoms with van der Waals surface area (Å²) < 4.78 is 1.05. The summed E-state index contributed by atoms with van der Waals surface area (Å²) in [5.74, 6) is 0. The number of halogens is 3. The van der Waals surface area contributed by atoms with Gasteiger partial charge in [-0.15, -0.1) is 0 Å². The molecule has 12 heavy (non-hydrogen) atoms. The van der Waals surface area contributed by atoms with Gasteiger partial charge in [0.25, 0.3) is 0 Å². The Hall–Kier alpha value is 0.330. The second kappa shape index (κ2) is 4.53. The minimum absolute atomic E-state index is 0.0688. The lowest BCUT2D eigenvalue weighted by molar-refractivity contribution is 0.112. The van der Waals surface area contributed by atoms with E-state index in [2.05, 4.69) is 47.8 Å². The number of aldehydes is 1. The Morgan fingerprint density at radius 2 is 2.00 bits per heavy atom. The number of hydrogen-bond donors (Lipinski definition) is 0. The largest absolute Gasteiger partial charge is 0.298 e. The quantitative estimate of drug-likeness (QED) is 0.577. The highest BCUT2D eigenvalue weighted by Gasteiger charge is 2.07. The molecule has 0 aliphatic heterocycles. The number of hydrogen-bond acceptors (Lipinski definition) is 1. The van der Waals surface area contributed by atoms with Gasteiger partial charge in [-0.25, -0.2) is 0 Å². The normalized spacial score (nSPS) is 10.3. The van der Waals surface area contributed by atoms with Crippen LogP contribution < -0.4 is 0 Å². The minimum Gasteiger partial charge on any atom is -0.298 e. The molecule has 0 saturated heterocycles. The lowest BCUT2D eigenvalue weighted by atomic mass is 10.2. The molecule has 0 radical (unpaired) electrons. The minimum atomic E-state index is 0.0688. The molecule has 0 aliphatic rings. The average molecular weight is 357 g/mol. The molecule has 0 aromatic heterocycles. The summed E-state index contributed by atoms with van der Waals surface area (Å²) >= 11 is 10.1. The lowest BCUT2D eigenvalue weighted by Crippen LogP contribution is -1.86. The molecule has 64 valence electrons. The first-order valence-electron chi connectivity index (χ1n) is 3.18. The van der Waals surface area contributed by atoms with Gasteiger partial charge in [0.15, 0.2) is 0 Å². The Kier molecular flexibility index (Phi) is 3.93. The van der Waals surface area contributed by atoms with Crippen molar-refractivity contribution in [2.45, 2.75) is 3.74 Å². The number of carbonyl (C=O) groups excluding carboxylic acids is 1. The zero-order valence-corrected chi connectivity index (χ0v) is 10.7. The van der Waals surface area contributed by atoms with Crippen LogP contribution in [0.2, 0.25) is 0 Å². The van der Waals surface area contributed by atoms with Crippen molar-refractivity contribution in [3.8, 4) is 0 Å². The molecule has 1 aromatic carbocycles. The summed E-state index contributed by atoms with van der Waals surface area (Å²) in [5.41, 5.74) is 1.69. The van der Waals surface area contributed by atoms with E-state index in [0.29, 0.717) is 5.56 Å². The fourth-order valence-electron chi connectivity index (χ4n) is 0.803. The first kappa shape index (κ1) is 10.4. The maximum atomic E-state index is 10.4. The van der Waals surface area contributed by atoms with Crippen LogP contribution in [0.4, 0.5) is 0 Å². The van der Waals surface area contributed by atoms with Crippen molar-refractivity contribution in [1.82, 2.24) is 0 Å². The summed E-state index contributed by atoms with van der Waals surface area (Å²) in [4.78, 5) is 10.4. The summed E-state index contributed by atoms with van der Waals surface area (Å²) in [5, 5.41) is 0. The van der Waals surface area contributed by atoms with Gasteiger partial charge < -0.3 is 0 Å². The van der Waals surface area contributed by atoms with Gasteiger partial charge in [-0.1, -0.05) is 53.9 Å². The van der Waals surface area contributed by atoms with Crippen LogP contribution in [0.3, 0.4) is 0 Å². The van der Waals surface area contributed by atoms with Crippen LogP contribution in [0.5, 0.6) is 0 Å². The molecule has 0 unspecified atom stereocenters. The van der Waals surface area contributed by atoms with Crippen molar-refractivity contribution >= 4 is 54.1 Å². The monoisotopic (exact) mass is 354 g/mol. The number of rotatable bonds is 2. The summed E-state index contributed by atoms with van der Waals surface area (Å²) in [6.07, 6.45) is 0.832. The molecule has 0 atom stereocenters. The Balaban J connectivity index is 3.16. The zero-order valence-electron chi connectivity index (χ0n) is 5.93. The second-order valence-electron chi connectivity index (χ2n) is 2.20. The van der Waals surface area contributed by atoms with Gasteiger partial charge in [0, 0.05) is 10.0 Å². The van der Waals surface area contributed by atoms with Crippen molar-refractivity contribution in [3.63, 3.8) is 0 Å². The Labute approximate surface area is 95.9 Å². The summed E-state index contributed by atoms with van der Waals surface area (Å²) in [7, 11) is 0. The molecule has 0 heterocycles. The van der Waals surface area contributed by atoms with Gasteiger partial charge in [-0.05, 0) is 17.7 Å². The summed E-state index contributed by atoms with van der Waals surface area (Å²) in [6.45, 7) is 0. The molecule has 1 nitrogen and oxygen atoms in total. The third-order valence-electron chi connectivity index (χ3n) is 1.39. The van der Waals surface area contributed by atoms with Gasteiger partial charge in [-0.3, -0.25) is 4.79 Å². The first-order chi connectivity index (χ1) is 5.65. The SMILES string of the molecule is O=Cc1ccc(Br)c(C(Br)Br)c1. The number of alkyl halides is 2. The Bertz CT molecular complexity index is 296. The van der Waals surface area contributed by atoms with E-state index in [1.54, 1.807) is 6.07 Å². The second-order valence-corrected chi connectivity index (χ2v) is 6.11. The molecular formula is C8H5Br3O. The molecule has 0 spiro atoms. The number of benzene rings is 1. The topological polar surface area (TPSA) is 17.1 Å². The molecule has 1 rings (SSSR count). The zero-order chi connectivity index (χ0) is 9.14. The third kappa shape index (κ3) is 2.41. The van der Waals surface area contributed by atoms with E-state index in [0.717, 1.165) is 16.3 Å². The van der Waals surface area contributed by atoms with Crippen LogP contribution >= 0.6 is 47.8 Å². The fourth-order valence-corrected chi connectivity index (χ4v) is 2.65. The van der Waals surface area contributed by atoms with E-state index in [1.807, 2.05) is 12.1 Å². The van der Waals surface area contributed by atoms with Crippen molar-refractivity contribution in [3.05, 3.63) is 33.8 Å². The molecule has 0 saturated carbocycles. The molecule has 0 N–H and O–H groups in total. The van der Waals surface area contributed by atoms with Crippen molar-refractivity contribution in [2.24, 2.45) is 0 Å². The number of carbonyl (C=O) groups is 1. The van der Waals surface area contributed by atoms with Crippen LogP contribution in [0.1, 0.15) is 19.7 Å². The lowest BCUT2D eigenvalue weighted by Gasteiger charge is -2.05. The summed E-state index contributed by atoms with van der Waals surface area (Å²) in [6, 6.07) is 5.45. The average Bonchev–Trinajstić information content (AvgIpc) is 2.05. The van der Waals surface area contributed by atoms with Gasteiger partial charge in [-0.2, -0.15) is 0 Å². The van der Waals surface area contributed by atoms with Crippen molar-refractivity contribution < 1.29 is 4.79 Å². The molecule has 0 fully saturated rings. The van der Waals surface area contributed by atoms with Gasteiger partial charge in [0.1, 0.15) is 6.29 Å². The molecule has 1 aromatic rings. The maximum absolute atomic E-state index is 10.4. The van der Waals surface area contributed by atoms with Crippen LogP contribution in [0.25, 0.3) is 0 Å². The van der Waals surface area contributed by atoms with E-state index in [1.165, 1.54) is 0 Å². The van der Waals surface area contributed by atoms with E-state index < -0.39 is 0 Å². The smallest absolute Gasteiger partial charge is 0.150 e. The van der Waals surface area contributed by atoms with Crippen LogP contribution in [0.15, 0.2) is 22.7 Å². The Morgan fingerprint density at radius 3 is 2.50 bits per heavy atom. The van der Waals surface area contributed by atoms with E-state index in [-0.39, 0.29) is 3.74 Å². The maximum Gasteiger partial charge on any atom is 0.150 e. The molecule has 0 amide bonds.